The van der Waals surface area contributed by atoms with Crippen LogP contribution in [-0.2, 0) is 6.54 Å². The molecule has 2 heterocycles. The van der Waals surface area contributed by atoms with Crippen molar-refractivity contribution in [3.05, 3.63) is 11.1 Å². The van der Waals surface area contributed by atoms with Crippen molar-refractivity contribution in [3.8, 4) is 0 Å². The van der Waals surface area contributed by atoms with E-state index in [9.17, 15) is 5.11 Å². The van der Waals surface area contributed by atoms with Crippen molar-refractivity contribution >= 4 is 11.5 Å². The molecular weight excluding hydrogens is 248 g/mol. The summed E-state index contributed by atoms with van der Waals surface area (Å²) < 4.78 is 3.90. The molecule has 1 fully saturated rings. The summed E-state index contributed by atoms with van der Waals surface area (Å²) in [6.07, 6.45) is 1.85. The Balaban J connectivity index is 1.85. The highest BCUT2D eigenvalue weighted by Gasteiger charge is 2.27. The maximum absolute atomic E-state index is 9.86. The molecule has 0 saturated carbocycles. The quantitative estimate of drug-likeness (QED) is 0.877. The van der Waals surface area contributed by atoms with Crippen molar-refractivity contribution < 1.29 is 5.11 Å². The molecule has 0 spiro atoms. The minimum Gasteiger partial charge on any atom is -0.389 e. The molecule has 0 bridgehead atoms. The first-order chi connectivity index (χ1) is 8.44. The lowest BCUT2D eigenvalue weighted by atomic mass is 10.1. The summed E-state index contributed by atoms with van der Waals surface area (Å²) in [5, 5.41) is 13.7. The highest BCUT2D eigenvalue weighted by Crippen LogP contribution is 2.16. The fraction of sp³-hybridized carbons (Fsp3) is 0.833. The normalized spacial score (nSPS) is 23.4. The van der Waals surface area contributed by atoms with E-state index < -0.39 is 5.60 Å². The van der Waals surface area contributed by atoms with E-state index in [1.165, 1.54) is 16.4 Å². The summed E-state index contributed by atoms with van der Waals surface area (Å²) in [4.78, 5) is 6.01. The number of hydrogen-bond donors (Lipinski definition) is 1. The van der Waals surface area contributed by atoms with Crippen LogP contribution >= 0.6 is 11.5 Å². The van der Waals surface area contributed by atoms with Crippen LogP contribution < -0.4 is 0 Å². The molecule has 1 N–H and O–H groups in total. The molecule has 0 aliphatic carbocycles. The largest absolute Gasteiger partial charge is 0.389 e. The Bertz CT molecular complexity index is 363. The lowest BCUT2D eigenvalue weighted by Crippen LogP contribution is -2.54. The van der Waals surface area contributed by atoms with Gasteiger partial charge in [0.05, 0.1) is 16.7 Å². The van der Waals surface area contributed by atoms with Crippen LogP contribution in [0, 0.1) is 0 Å². The van der Waals surface area contributed by atoms with Gasteiger partial charge < -0.3 is 5.11 Å². The summed E-state index contributed by atoms with van der Waals surface area (Å²) in [6.45, 7) is 10.7. The third-order valence-corrected chi connectivity index (χ3v) is 3.87. The van der Waals surface area contributed by atoms with Crippen molar-refractivity contribution in [2.45, 2.75) is 39.0 Å². The molecule has 2 rings (SSSR count). The second-order valence-electron chi connectivity index (χ2n) is 5.75. The third kappa shape index (κ3) is 3.98. The van der Waals surface area contributed by atoms with E-state index in [0.29, 0.717) is 6.04 Å². The molecule has 1 aromatic heterocycles. The SMILES string of the molecule is CC1CN(CC(C)(C)O)CCN1Cc1cnns1. The zero-order valence-corrected chi connectivity index (χ0v) is 12.2. The fourth-order valence-electron chi connectivity index (χ4n) is 2.45. The van der Waals surface area contributed by atoms with E-state index in [1.807, 2.05) is 20.0 Å². The van der Waals surface area contributed by atoms with E-state index >= 15 is 0 Å². The van der Waals surface area contributed by atoms with Crippen LogP contribution in [0.1, 0.15) is 25.6 Å². The van der Waals surface area contributed by atoms with E-state index in [2.05, 4.69) is 26.3 Å². The number of rotatable bonds is 4. The van der Waals surface area contributed by atoms with E-state index in [-0.39, 0.29) is 0 Å². The highest BCUT2D eigenvalue weighted by atomic mass is 32.1. The van der Waals surface area contributed by atoms with Gasteiger partial charge in [0.1, 0.15) is 0 Å². The lowest BCUT2D eigenvalue weighted by Gasteiger charge is -2.41. The zero-order chi connectivity index (χ0) is 13.2. The van der Waals surface area contributed by atoms with Crippen molar-refractivity contribution in [1.29, 1.82) is 0 Å². The van der Waals surface area contributed by atoms with Gasteiger partial charge in [-0.15, -0.1) is 5.10 Å². The van der Waals surface area contributed by atoms with Crippen LogP contribution in [0.5, 0.6) is 0 Å². The average molecular weight is 270 g/mol. The molecule has 0 amide bonds. The van der Waals surface area contributed by atoms with Gasteiger partial charge in [0.15, 0.2) is 0 Å². The molecule has 102 valence electrons. The van der Waals surface area contributed by atoms with Crippen molar-refractivity contribution in [2.75, 3.05) is 26.2 Å². The molecule has 0 aromatic carbocycles. The maximum Gasteiger partial charge on any atom is 0.0718 e. The van der Waals surface area contributed by atoms with E-state index in [0.717, 1.165) is 32.7 Å². The summed E-state index contributed by atoms with van der Waals surface area (Å²) in [7, 11) is 0. The number of nitrogens with zero attached hydrogens (tertiary/aromatic N) is 4. The minimum atomic E-state index is -0.608. The lowest BCUT2D eigenvalue weighted by molar-refractivity contribution is 0.00219. The summed E-state index contributed by atoms with van der Waals surface area (Å²) in [5.41, 5.74) is -0.608. The molecule has 1 unspecified atom stereocenters. The molecular formula is C12H22N4OS. The van der Waals surface area contributed by atoms with Gasteiger partial charge in [-0.05, 0) is 32.3 Å². The summed E-state index contributed by atoms with van der Waals surface area (Å²) in [5.74, 6) is 0. The number of aromatic nitrogens is 2. The Morgan fingerprint density at radius 3 is 2.83 bits per heavy atom. The van der Waals surface area contributed by atoms with Gasteiger partial charge in [0.2, 0.25) is 0 Å². The average Bonchev–Trinajstić information content (AvgIpc) is 2.72. The monoisotopic (exact) mass is 270 g/mol. The van der Waals surface area contributed by atoms with Crippen LogP contribution in [-0.4, -0.2) is 62.3 Å². The Morgan fingerprint density at radius 1 is 1.50 bits per heavy atom. The van der Waals surface area contributed by atoms with Crippen LogP contribution in [0.4, 0.5) is 0 Å². The van der Waals surface area contributed by atoms with Gasteiger partial charge in [-0.25, -0.2) is 0 Å². The van der Waals surface area contributed by atoms with Crippen LogP contribution in [0.3, 0.4) is 0 Å². The van der Waals surface area contributed by atoms with Crippen LogP contribution in [0.25, 0.3) is 0 Å². The Kier molecular flexibility index (Phi) is 4.32. The van der Waals surface area contributed by atoms with E-state index in [4.69, 9.17) is 0 Å². The topological polar surface area (TPSA) is 52.5 Å². The number of piperazine rings is 1. The van der Waals surface area contributed by atoms with Crippen LogP contribution in [0.2, 0.25) is 0 Å². The predicted molar refractivity (Wildman–Crippen MR) is 72.5 cm³/mol. The summed E-state index contributed by atoms with van der Waals surface area (Å²) in [6, 6.07) is 0.503. The van der Waals surface area contributed by atoms with Gasteiger partial charge in [-0.2, -0.15) is 0 Å². The van der Waals surface area contributed by atoms with Crippen LogP contribution in [0.15, 0.2) is 6.20 Å². The standard InChI is InChI=1S/C12H22N4OS/c1-10-7-15(9-12(2,3)17)4-5-16(10)8-11-6-13-14-18-11/h6,10,17H,4-5,7-9H2,1-3H3. The number of hydrogen-bond acceptors (Lipinski definition) is 6. The van der Waals surface area contributed by atoms with Gasteiger partial charge in [-0.1, -0.05) is 4.49 Å². The third-order valence-electron chi connectivity index (χ3n) is 3.23. The highest BCUT2D eigenvalue weighted by molar-refractivity contribution is 7.05. The smallest absolute Gasteiger partial charge is 0.0718 e. The van der Waals surface area contributed by atoms with Gasteiger partial charge in [-0.3, -0.25) is 9.80 Å². The first-order valence-electron chi connectivity index (χ1n) is 6.39. The molecule has 5 nitrogen and oxygen atoms in total. The van der Waals surface area contributed by atoms with Crippen molar-refractivity contribution in [3.63, 3.8) is 0 Å². The molecule has 18 heavy (non-hydrogen) atoms. The number of aliphatic hydroxyl groups is 1. The van der Waals surface area contributed by atoms with Crippen molar-refractivity contribution in [2.24, 2.45) is 0 Å². The molecule has 1 aromatic rings. The first-order valence-corrected chi connectivity index (χ1v) is 7.16. The molecule has 1 atom stereocenters. The Morgan fingerprint density at radius 2 is 2.28 bits per heavy atom. The molecule has 1 aliphatic rings. The Labute approximate surface area is 113 Å². The van der Waals surface area contributed by atoms with Gasteiger partial charge in [0.25, 0.3) is 0 Å². The van der Waals surface area contributed by atoms with Gasteiger partial charge in [0, 0.05) is 38.8 Å². The fourth-order valence-corrected chi connectivity index (χ4v) is 2.97. The number of β-amino-alcohol motifs (C(OH)–C–C–N with tert-alkyl or cyclic N) is 1. The van der Waals surface area contributed by atoms with E-state index in [1.54, 1.807) is 0 Å². The molecule has 6 heteroatoms. The first kappa shape index (κ1) is 13.9. The summed E-state index contributed by atoms with van der Waals surface area (Å²) >= 11 is 1.47. The maximum atomic E-state index is 9.86. The second-order valence-corrected chi connectivity index (χ2v) is 6.62. The van der Waals surface area contributed by atoms with Crippen molar-refractivity contribution in [1.82, 2.24) is 19.4 Å². The second kappa shape index (κ2) is 5.61. The Hall–Kier alpha value is -0.560. The zero-order valence-electron chi connectivity index (χ0n) is 11.3. The predicted octanol–water partition coefficient (Wildman–Crippen LogP) is 0.815. The molecule has 1 saturated heterocycles. The molecule has 1 aliphatic heterocycles. The van der Waals surface area contributed by atoms with Gasteiger partial charge >= 0.3 is 0 Å². The minimum absolute atomic E-state index is 0.503. The molecule has 0 radical (unpaired) electrons.